The van der Waals surface area contributed by atoms with Crippen molar-refractivity contribution in [2.75, 3.05) is 13.2 Å². The zero-order valence-electron chi connectivity index (χ0n) is 9.69. The van der Waals surface area contributed by atoms with E-state index in [0.717, 1.165) is 6.42 Å². The third-order valence-corrected chi connectivity index (χ3v) is 3.27. The van der Waals surface area contributed by atoms with Crippen LogP contribution in [-0.4, -0.2) is 35.6 Å². The molecule has 0 spiro atoms. The van der Waals surface area contributed by atoms with Crippen molar-refractivity contribution in [2.24, 2.45) is 5.92 Å². The van der Waals surface area contributed by atoms with Crippen LogP contribution in [0.25, 0.3) is 0 Å². The predicted octanol–water partition coefficient (Wildman–Crippen LogP) is 1.72. The molecule has 1 aliphatic carbocycles. The summed E-state index contributed by atoms with van der Waals surface area (Å²) in [6, 6.07) is 0. The van der Waals surface area contributed by atoms with Crippen molar-refractivity contribution < 1.29 is 14.9 Å². The van der Waals surface area contributed by atoms with Gasteiger partial charge in [0.2, 0.25) is 0 Å². The molecule has 90 valence electrons. The van der Waals surface area contributed by atoms with Crippen molar-refractivity contribution in [3.63, 3.8) is 0 Å². The molecule has 0 radical (unpaired) electrons. The van der Waals surface area contributed by atoms with E-state index in [9.17, 15) is 0 Å². The molecule has 0 bridgehead atoms. The molecule has 15 heavy (non-hydrogen) atoms. The normalized spacial score (nSPS) is 27.2. The summed E-state index contributed by atoms with van der Waals surface area (Å²) >= 11 is 0. The highest BCUT2D eigenvalue weighted by molar-refractivity contribution is 4.77. The minimum Gasteiger partial charge on any atom is -0.394 e. The lowest BCUT2D eigenvalue weighted by Gasteiger charge is -2.33. The van der Waals surface area contributed by atoms with E-state index in [1.54, 1.807) is 0 Å². The molecule has 3 heteroatoms. The molecule has 0 amide bonds. The van der Waals surface area contributed by atoms with Gasteiger partial charge in [0.05, 0.1) is 19.3 Å². The van der Waals surface area contributed by atoms with Crippen molar-refractivity contribution in [3.05, 3.63) is 0 Å². The van der Waals surface area contributed by atoms with Gasteiger partial charge >= 0.3 is 0 Å². The number of hydrogen-bond acceptors (Lipinski definition) is 3. The molecule has 0 aromatic heterocycles. The van der Waals surface area contributed by atoms with Gasteiger partial charge in [-0.1, -0.05) is 26.2 Å². The van der Waals surface area contributed by atoms with Crippen LogP contribution in [0.2, 0.25) is 0 Å². The molecule has 0 saturated heterocycles. The lowest BCUT2D eigenvalue weighted by Crippen LogP contribution is -2.35. The lowest BCUT2D eigenvalue weighted by atomic mass is 9.83. The van der Waals surface area contributed by atoms with Crippen LogP contribution >= 0.6 is 0 Å². The Morgan fingerprint density at radius 3 is 2.47 bits per heavy atom. The van der Waals surface area contributed by atoms with Crippen molar-refractivity contribution in [2.45, 2.75) is 57.7 Å². The molecule has 0 aromatic carbocycles. The number of hydrogen-bond donors (Lipinski definition) is 2. The fraction of sp³-hybridized carbons (Fsp3) is 1.00. The van der Waals surface area contributed by atoms with Gasteiger partial charge in [0.25, 0.3) is 0 Å². The lowest BCUT2D eigenvalue weighted by molar-refractivity contribution is -0.0968. The van der Waals surface area contributed by atoms with Crippen LogP contribution in [0.3, 0.4) is 0 Å². The number of ether oxygens (including phenoxy) is 1. The smallest absolute Gasteiger partial charge is 0.104 e. The topological polar surface area (TPSA) is 49.7 Å². The molecule has 0 aliphatic heterocycles. The van der Waals surface area contributed by atoms with Crippen LogP contribution < -0.4 is 0 Å². The van der Waals surface area contributed by atoms with Gasteiger partial charge in [-0.3, -0.25) is 0 Å². The summed E-state index contributed by atoms with van der Waals surface area (Å²) in [5.41, 5.74) is 0. The van der Waals surface area contributed by atoms with Crippen LogP contribution in [0.4, 0.5) is 0 Å². The molecule has 1 fully saturated rings. The summed E-state index contributed by atoms with van der Waals surface area (Å²) in [5.74, 6) is 0.629. The predicted molar refractivity (Wildman–Crippen MR) is 59.7 cm³/mol. The maximum atomic E-state index is 8.99. The van der Waals surface area contributed by atoms with Gasteiger partial charge in [0.15, 0.2) is 0 Å². The third kappa shape index (κ3) is 4.09. The first-order valence-corrected chi connectivity index (χ1v) is 6.19. The van der Waals surface area contributed by atoms with Gasteiger partial charge in [-0.05, 0) is 25.2 Å². The maximum absolute atomic E-state index is 8.99. The Kier molecular flexibility index (Phi) is 6.22. The van der Waals surface area contributed by atoms with E-state index in [1.807, 2.05) is 0 Å². The van der Waals surface area contributed by atoms with Crippen molar-refractivity contribution >= 4 is 0 Å². The quantitative estimate of drug-likeness (QED) is 0.710. The van der Waals surface area contributed by atoms with E-state index in [0.29, 0.717) is 5.92 Å². The number of aliphatic hydroxyl groups excluding tert-OH is 2. The molecule has 1 saturated carbocycles. The molecule has 0 aromatic rings. The van der Waals surface area contributed by atoms with Gasteiger partial charge in [0, 0.05) is 0 Å². The summed E-state index contributed by atoms with van der Waals surface area (Å²) in [5, 5.41) is 18.0. The first-order chi connectivity index (χ1) is 7.31. The summed E-state index contributed by atoms with van der Waals surface area (Å²) in [7, 11) is 0. The highest BCUT2D eigenvalue weighted by Crippen LogP contribution is 2.30. The second kappa shape index (κ2) is 7.20. The van der Waals surface area contributed by atoms with E-state index >= 15 is 0 Å². The highest BCUT2D eigenvalue weighted by Gasteiger charge is 2.27. The molecule has 0 heterocycles. The van der Waals surface area contributed by atoms with Gasteiger partial charge in [-0.15, -0.1) is 0 Å². The fourth-order valence-corrected chi connectivity index (χ4v) is 2.44. The summed E-state index contributed by atoms with van der Waals surface area (Å²) < 4.78 is 5.75. The second-order valence-electron chi connectivity index (χ2n) is 4.49. The Morgan fingerprint density at radius 2 is 1.87 bits per heavy atom. The monoisotopic (exact) mass is 216 g/mol. The van der Waals surface area contributed by atoms with E-state index in [1.165, 1.54) is 32.1 Å². The van der Waals surface area contributed by atoms with Gasteiger partial charge in [-0.25, -0.2) is 0 Å². The fourth-order valence-electron chi connectivity index (χ4n) is 2.44. The minimum absolute atomic E-state index is 0.0775. The second-order valence-corrected chi connectivity index (χ2v) is 4.49. The third-order valence-electron chi connectivity index (χ3n) is 3.27. The number of rotatable bonds is 6. The van der Waals surface area contributed by atoms with E-state index < -0.39 is 0 Å². The molecule has 3 nitrogen and oxygen atoms in total. The van der Waals surface area contributed by atoms with Crippen molar-refractivity contribution in [3.8, 4) is 0 Å². The zero-order chi connectivity index (χ0) is 11.1. The van der Waals surface area contributed by atoms with Crippen LogP contribution in [0.15, 0.2) is 0 Å². The van der Waals surface area contributed by atoms with Gasteiger partial charge in [0.1, 0.15) is 6.10 Å². The Hall–Kier alpha value is -0.120. The van der Waals surface area contributed by atoms with Crippen LogP contribution in [0.1, 0.15) is 45.4 Å². The number of aliphatic hydroxyl groups is 2. The average molecular weight is 216 g/mol. The summed E-state index contributed by atoms with van der Waals surface area (Å²) in [4.78, 5) is 0. The molecule has 2 N–H and O–H groups in total. The molecule has 1 rings (SSSR count). The zero-order valence-corrected chi connectivity index (χ0v) is 9.69. The first-order valence-electron chi connectivity index (χ1n) is 6.19. The average Bonchev–Trinajstić information content (AvgIpc) is 2.28. The largest absolute Gasteiger partial charge is 0.394 e. The highest BCUT2D eigenvalue weighted by atomic mass is 16.5. The van der Waals surface area contributed by atoms with Crippen molar-refractivity contribution in [1.29, 1.82) is 0 Å². The molecule has 1 aliphatic rings. The molecule has 2 unspecified atom stereocenters. The standard InChI is InChI=1S/C12H24O3/c1-2-5-10-6-3-4-7-12(10)15-11(8-13)9-14/h10-14H,2-9H2,1H3. The SMILES string of the molecule is CCCC1CCCCC1OC(CO)CO. The van der Waals surface area contributed by atoms with E-state index in [2.05, 4.69) is 6.92 Å². The van der Waals surface area contributed by atoms with Crippen LogP contribution in [0, 0.1) is 5.92 Å². The van der Waals surface area contributed by atoms with E-state index in [4.69, 9.17) is 14.9 Å². The molecule has 2 atom stereocenters. The summed E-state index contributed by atoms with van der Waals surface area (Å²) in [6.07, 6.45) is 7.10. The van der Waals surface area contributed by atoms with Gasteiger partial charge < -0.3 is 14.9 Å². The first kappa shape index (κ1) is 12.9. The molecular formula is C12H24O3. The Labute approximate surface area is 92.4 Å². The van der Waals surface area contributed by atoms with Gasteiger partial charge in [-0.2, -0.15) is 0 Å². The van der Waals surface area contributed by atoms with Crippen LogP contribution in [0.5, 0.6) is 0 Å². The Bertz CT molecular complexity index is 155. The maximum Gasteiger partial charge on any atom is 0.104 e. The Morgan fingerprint density at radius 1 is 1.20 bits per heavy atom. The van der Waals surface area contributed by atoms with Crippen LogP contribution in [-0.2, 0) is 4.74 Å². The van der Waals surface area contributed by atoms with Crippen molar-refractivity contribution in [1.82, 2.24) is 0 Å². The summed E-state index contributed by atoms with van der Waals surface area (Å²) in [6.45, 7) is 2.04. The molecular weight excluding hydrogens is 192 g/mol. The Balaban J connectivity index is 2.40. The minimum atomic E-state index is -0.382. The van der Waals surface area contributed by atoms with E-state index in [-0.39, 0.29) is 25.4 Å².